The largest absolute Gasteiger partial charge is 0.384 e. The predicted octanol–water partition coefficient (Wildman–Crippen LogP) is 6.76. The highest BCUT2D eigenvalue weighted by molar-refractivity contribution is 6.31. The fourth-order valence-corrected chi connectivity index (χ4v) is 7.11. The summed E-state index contributed by atoms with van der Waals surface area (Å²) in [6.07, 6.45) is 13.4. The van der Waals surface area contributed by atoms with Gasteiger partial charge in [0.15, 0.2) is 0 Å². The molecule has 0 saturated carbocycles. The van der Waals surface area contributed by atoms with Crippen molar-refractivity contribution in [3.05, 3.63) is 46.1 Å². The van der Waals surface area contributed by atoms with E-state index in [9.17, 15) is 9.59 Å². The van der Waals surface area contributed by atoms with Gasteiger partial charge in [-0.2, -0.15) is 0 Å². The van der Waals surface area contributed by atoms with E-state index in [1.165, 1.54) is 34.3 Å². The molecular weight excluding hydrogens is 508 g/mol. The molecule has 2 amide bonds. The first-order valence-electron chi connectivity index (χ1n) is 15.0. The fraction of sp³-hybridized carbons (Fsp3) is 0.594. The Morgan fingerprint density at radius 1 is 1.15 bits per heavy atom. The van der Waals surface area contributed by atoms with Gasteiger partial charge in [-0.3, -0.25) is 14.6 Å². The summed E-state index contributed by atoms with van der Waals surface area (Å²) < 4.78 is 0. The number of fused-ring (bicyclic) bond motifs is 5. The maximum absolute atomic E-state index is 12.6. The molecule has 2 aromatic rings. The van der Waals surface area contributed by atoms with E-state index in [0.29, 0.717) is 37.8 Å². The highest BCUT2D eigenvalue weighted by Crippen LogP contribution is 2.47. The summed E-state index contributed by atoms with van der Waals surface area (Å²) in [5.74, 6) is 1.27. The van der Waals surface area contributed by atoms with Crippen molar-refractivity contribution >= 4 is 40.0 Å². The smallest absolute Gasteiger partial charge is 0.242 e. The van der Waals surface area contributed by atoms with Crippen molar-refractivity contribution in [2.75, 3.05) is 25.0 Å². The van der Waals surface area contributed by atoms with E-state index in [4.69, 9.17) is 16.6 Å². The number of rotatable bonds is 12. The van der Waals surface area contributed by atoms with Crippen LogP contribution in [0.5, 0.6) is 0 Å². The molecule has 1 aromatic carbocycles. The van der Waals surface area contributed by atoms with Gasteiger partial charge in [-0.25, -0.2) is 0 Å². The Bertz CT molecular complexity index is 1240. The number of aromatic nitrogens is 1. The second-order valence-electron chi connectivity index (χ2n) is 11.7. The number of carbonyl (C=O) groups is 2. The molecule has 0 spiro atoms. The standard InChI is InChI=1S/C32H43ClN4O2/c1-3-28(37-15-9-10-29(37)38)32(39)35-14-8-6-4-5-7-13-34-31-25-12-11-24(33)20-26(25)36-27-19-22-16-21(2)17-23(18-22)30(27)31/h11-12,16,20,22-23,28H,3-10,13-15,17-19H2,1-2H3,(H,34,36)(H,35,39)/t22-,23+,28-/m0/s1. The van der Waals surface area contributed by atoms with E-state index in [1.54, 1.807) is 4.90 Å². The minimum Gasteiger partial charge on any atom is -0.384 e. The molecule has 1 aliphatic heterocycles. The second-order valence-corrected chi connectivity index (χ2v) is 12.2. The van der Waals surface area contributed by atoms with Crippen molar-refractivity contribution in [3.8, 4) is 0 Å². The Morgan fingerprint density at radius 2 is 1.95 bits per heavy atom. The van der Waals surface area contributed by atoms with Crippen LogP contribution in [0.15, 0.2) is 29.8 Å². The number of unbranched alkanes of at least 4 members (excludes halogenated alkanes) is 4. The third-order valence-corrected chi connectivity index (χ3v) is 8.97. The number of anilines is 1. The molecule has 39 heavy (non-hydrogen) atoms. The third-order valence-electron chi connectivity index (χ3n) is 8.73. The molecule has 7 heteroatoms. The van der Waals surface area contributed by atoms with E-state index < -0.39 is 0 Å². The lowest BCUT2D eigenvalue weighted by Gasteiger charge is -2.36. The number of halogens is 1. The van der Waals surface area contributed by atoms with E-state index in [2.05, 4.69) is 29.7 Å². The summed E-state index contributed by atoms with van der Waals surface area (Å²) in [6.45, 7) is 6.59. The van der Waals surface area contributed by atoms with Crippen molar-refractivity contribution in [1.29, 1.82) is 0 Å². The van der Waals surface area contributed by atoms with Gasteiger partial charge in [-0.05, 0) is 81.9 Å². The first-order valence-corrected chi connectivity index (χ1v) is 15.4. The van der Waals surface area contributed by atoms with Crippen LogP contribution in [-0.2, 0) is 16.0 Å². The van der Waals surface area contributed by atoms with E-state index in [0.717, 1.165) is 68.5 Å². The maximum Gasteiger partial charge on any atom is 0.242 e. The molecular formula is C32H43ClN4O2. The van der Waals surface area contributed by atoms with Gasteiger partial charge in [-0.1, -0.05) is 49.4 Å². The lowest BCUT2D eigenvalue weighted by atomic mass is 9.71. The minimum absolute atomic E-state index is 0.00104. The number of carbonyl (C=O) groups excluding carboxylic acids is 2. The van der Waals surface area contributed by atoms with E-state index >= 15 is 0 Å². The van der Waals surface area contributed by atoms with Crippen LogP contribution in [0.3, 0.4) is 0 Å². The number of amides is 2. The zero-order valence-electron chi connectivity index (χ0n) is 23.5. The van der Waals surface area contributed by atoms with Gasteiger partial charge in [0.05, 0.1) is 5.52 Å². The van der Waals surface area contributed by atoms with Gasteiger partial charge < -0.3 is 15.5 Å². The average molecular weight is 551 g/mol. The average Bonchev–Trinajstić information content (AvgIpc) is 3.32. The van der Waals surface area contributed by atoms with Gasteiger partial charge in [-0.15, -0.1) is 0 Å². The third kappa shape index (κ3) is 6.42. The number of hydrogen-bond acceptors (Lipinski definition) is 4. The summed E-state index contributed by atoms with van der Waals surface area (Å²) in [5.41, 5.74) is 6.46. The number of nitrogens with one attached hydrogen (secondary N) is 2. The SMILES string of the molecule is CC[C@@H](C(=O)NCCCCCCCNc1c2c(nc3cc(Cl)ccc13)C[C@H]1C=C(C)C[C@@H]2C1)N1CCCC1=O. The van der Waals surface area contributed by atoms with Crippen LogP contribution in [0, 0.1) is 5.92 Å². The Labute approximate surface area is 238 Å². The summed E-state index contributed by atoms with van der Waals surface area (Å²) >= 11 is 6.33. The van der Waals surface area contributed by atoms with Crippen molar-refractivity contribution < 1.29 is 9.59 Å². The predicted molar refractivity (Wildman–Crippen MR) is 159 cm³/mol. The zero-order valence-corrected chi connectivity index (χ0v) is 24.3. The molecule has 5 rings (SSSR count). The second kappa shape index (κ2) is 12.7. The molecule has 1 aromatic heterocycles. The number of nitrogens with zero attached hydrogens (tertiary/aromatic N) is 2. The number of benzene rings is 1. The molecule has 1 fully saturated rings. The first-order chi connectivity index (χ1) is 18.9. The summed E-state index contributed by atoms with van der Waals surface area (Å²) in [5, 5.41) is 8.80. The molecule has 210 valence electrons. The van der Waals surface area contributed by atoms with Gasteiger partial charge in [0.25, 0.3) is 0 Å². The molecule has 6 nitrogen and oxygen atoms in total. The summed E-state index contributed by atoms with van der Waals surface area (Å²) in [7, 11) is 0. The molecule has 3 atom stereocenters. The van der Waals surface area contributed by atoms with Crippen molar-refractivity contribution in [2.45, 2.75) is 96.4 Å². The lowest BCUT2D eigenvalue weighted by molar-refractivity contribution is -0.137. The van der Waals surface area contributed by atoms with Crippen LogP contribution in [-0.4, -0.2) is 47.4 Å². The Kier molecular flexibility index (Phi) is 9.11. The Balaban J connectivity index is 1.09. The van der Waals surface area contributed by atoms with Gasteiger partial charge in [0.1, 0.15) is 6.04 Å². The molecule has 0 unspecified atom stereocenters. The fourth-order valence-electron chi connectivity index (χ4n) is 6.94. The first kappa shape index (κ1) is 27.9. The number of likely N-dealkylation sites (tertiary alicyclic amines) is 1. The van der Waals surface area contributed by atoms with Crippen LogP contribution in [0.1, 0.15) is 95.2 Å². The Morgan fingerprint density at radius 3 is 2.72 bits per heavy atom. The van der Waals surface area contributed by atoms with E-state index in [1.807, 2.05) is 19.1 Å². The molecule has 3 aliphatic rings. The van der Waals surface area contributed by atoms with Crippen molar-refractivity contribution in [2.24, 2.45) is 5.92 Å². The number of allylic oxidation sites excluding steroid dienone is 2. The maximum atomic E-state index is 12.6. The zero-order chi connectivity index (χ0) is 27.4. The minimum atomic E-state index is -0.309. The topological polar surface area (TPSA) is 74.3 Å². The molecule has 2 aliphatic carbocycles. The lowest BCUT2D eigenvalue weighted by Crippen LogP contribution is -2.47. The normalized spacial score (nSPS) is 21.1. The molecule has 0 radical (unpaired) electrons. The molecule has 2 heterocycles. The number of hydrogen-bond donors (Lipinski definition) is 2. The summed E-state index contributed by atoms with van der Waals surface area (Å²) in [4.78, 5) is 31.4. The highest BCUT2D eigenvalue weighted by atomic mass is 35.5. The molecule has 2 bridgehead atoms. The molecule has 1 saturated heterocycles. The monoisotopic (exact) mass is 550 g/mol. The van der Waals surface area contributed by atoms with Crippen molar-refractivity contribution in [3.63, 3.8) is 0 Å². The van der Waals surface area contributed by atoms with Crippen LogP contribution in [0.4, 0.5) is 5.69 Å². The van der Waals surface area contributed by atoms with Crippen LogP contribution < -0.4 is 10.6 Å². The van der Waals surface area contributed by atoms with E-state index in [-0.39, 0.29) is 17.9 Å². The van der Waals surface area contributed by atoms with Crippen LogP contribution >= 0.6 is 11.6 Å². The van der Waals surface area contributed by atoms with Gasteiger partial charge in [0.2, 0.25) is 11.8 Å². The number of pyridine rings is 1. The summed E-state index contributed by atoms with van der Waals surface area (Å²) in [6, 6.07) is 5.79. The van der Waals surface area contributed by atoms with Gasteiger partial charge >= 0.3 is 0 Å². The highest BCUT2D eigenvalue weighted by Gasteiger charge is 2.34. The van der Waals surface area contributed by atoms with Gasteiger partial charge in [0, 0.05) is 53.4 Å². The quantitative estimate of drug-likeness (QED) is 0.226. The van der Waals surface area contributed by atoms with Crippen LogP contribution in [0.2, 0.25) is 5.02 Å². The van der Waals surface area contributed by atoms with Crippen LogP contribution in [0.25, 0.3) is 10.9 Å². The Hall–Kier alpha value is -2.60. The molecule has 2 N–H and O–H groups in total. The van der Waals surface area contributed by atoms with Crippen molar-refractivity contribution in [1.82, 2.24) is 15.2 Å².